The van der Waals surface area contributed by atoms with Gasteiger partial charge in [0.2, 0.25) is 0 Å². The van der Waals surface area contributed by atoms with Gasteiger partial charge in [0.1, 0.15) is 0 Å². The van der Waals surface area contributed by atoms with E-state index in [1.165, 1.54) is 14.0 Å². The van der Waals surface area contributed by atoms with Crippen LogP contribution in [-0.2, 0) is 20.7 Å². The second-order valence-corrected chi connectivity index (χ2v) is 3.79. The van der Waals surface area contributed by atoms with E-state index in [9.17, 15) is 9.59 Å². The summed E-state index contributed by atoms with van der Waals surface area (Å²) in [6.45, 7) is 1.37. The highest BCUT2D eigenvalue weighted by Gasteiger charge is 2.42. The smallest absolute Gasteiger partial charge is 0.323 e. The lowest BCUT2D eigenvalue weighted by atomic mass is 9.84. The van der Waals surface area contributed by atoms with Gasteiger partial charge in [0.25, 0.3) is 0 Å². The van der Waals surface area contributed by atoms with Crippen LogP contribution in [0.3, 0.4) is 0 Å². The maximum atomic E-state index is 11.5. The van der Waals surface area contributed by atoms with E-state index in [0.717, 1.165) is 5.56 Å². The second kappa shape index (κ2) is 4.79. The molecule has 4 heteroatoms. The molecule has 16 heavy (non-hydrogen) atoms. The molecule has 0 heterocycles. The van der Waals surface area contributed by atoms with Crippen molar-refractivity contribution >= 4 is 11.9 Å². The van der Waals surface area contributed by atoms with Gasteiger partial charge in [-0.1, -0.05) is 30.3 Å². The first-order valence-corrected chi connectivity index (χ1v) is 4.86. The van der Waals surface area contributed by atoms with Crippen LogP contribution in [0.4, 0.5) is 0 Å². The van der Waals surface area contributed by atoms with Gasteiger partial charge >= 0.3 is 11.9 Å². The average Bonchev–Trinajstić information content (AvgIpc) is 2.28. The first kappa shape index (κ1) is 12.2. The summed E-state index contributed by atoms with van der Waals surface area (Å²) in [7, 11) is 1.19. The predicted octanol–water partition coefficient (Wildman–Crippen LogP) is 1.49. The molecule has 86 valence electrons. The summed E-state index contributed by atoms with van der Waals surface area (Å²) in [5, 5.41) is 9.09. The van der Waals surface area contributed by atoms with Gasteiger partial charge in [-0.3, -0.25) is 9.59 Å². The molecule has 1 aromatic rings. The van der Waals surface area contributed by atoms with Gasteiger partial charge in [0.15, 0.2) is 5.41 Å². The topological polar surface area (TPSA) is 63.6 Å². The maximum absolute atomic E-state index is 11.5. The fraction of sp³-hybridized carbons (Fsp3) is 0.333. The van der Waals surface area contributed by atoms with Crippen molar-refractivity contribution in [3.8, 4) is 0 Å². The quantitative estimate of drug-likeness (QED) is 0.619. The van der Waals surface area contributed by atoms with Crippen molar-refractivity contribution in [3.05, 3.63) is 35.9 Å². The van der Waals surface area contributed by atoms with E-state index in [1.54, 1.807) is 24.3 Å². The molecule has 0 aliphatic carbocycles. The summed E-state index contributed by atoms with van der Waals surface area (Å²) in [6, 6.07) is 9.00. The van der Waals surface area contributed by atoms with Gasteiger partial charge < -0.3 is 9.84 Å². The van der Waals surface area contributed by atoms with Crippen LogP contribution in [-0.4, -0.2) is 24.2 Å². The lowest BCUT2D eigenvalue weighted by Gasteiger charge is -2.21. The van der Waals surface area contributed by atoms with Gasteiger partial charge in [-0.25, -0.2) is 0 Å². The third-order valence-corrected chi connectivity index (χ3v) is 2.51. The van der Waals surface area contributed by atoms with Crippen LogP contribution in [0.25, 0.3) is 0 Å². The molecule has 0 saturated carbocycles. The number of benzene rings is 1. The number of ether oxygens (including phenoxy) is 1. The SMILES string of the molecule is COC(=O)[C@@](C)(Cc1ccccc1)C(=O)O. The molecule has 1 aromatic carbocycles. The minimum Gasteiger partial charge on any atom is -0.480 e. The molecule has 1 rings (SSSR count). The number of carboxylic acids is 1. The van der Waals surface area contributed by atoms with Gasteiger partial charge in [-0.2, -0.15) is 0 Å². The van der Waals surface area contributed by atoms with Crippen molar-refractivity contribution in [2.45, 2.75) is 13.3 Å². The summed E-state index contributed by atoms with van der Waals surface area (Å²) in [5.74, 6) is -1.91. The normalized spacial score (nSPS) is 13.9. The van der Waals surface area contributed by atoms with Crippen molar-refractivity contribution in [1.29, 1.82) is 0 Å². The molecule has 0 radical (unpaired) electrons. The molecule has 0 bridgehead atoms. The zero-order valence-corrected chi connectivity index (χ0v) is 9.27. The molecule has 1 N–H and O–H groups in total. The number of carbonyl (C=O) groups is 2. The number of methoxy groups -OCH3 is 1. The number of esters is 1. The lowest BCUT2D eigenvalue weighted by molar-refractivity contribution is -0.165. The molecule has 0 saturated heterocycles. The monoisotopic (exact) mass is 222 g/mol. The Morgan fingerprint density at radius 1 is 1.31 bits per heavy atom. The van der Waals surface area contributed by atoms with Gasteiger partial charge in [-0.15, -0.1) is 0 Å². The number of hydrogen-bond donors (Lipinski definition) is 1. The zero-order valence-electron chi connectivity index (χ0n) is 9.27. The third kappa shape index (κ3) is 2.39. The van der Waals surface area contributed by atoms with E-state index in [0.29, 0.717) is 0 Å². The molecule has 0 fully saturated rings. The zero-order chi connectivity index (χ0) is 12.2. The maximum Gasteiger partial charge on any atom is 0.323 e. The Morgan fingerprint density at radius 3 is 2.31 bits per heavy atom. The summed E-state index contributed by atoms with van der Waals surface area (Å²) >= 11 is 0. The molecule has 1 atom stereocenters. The second-order valence-electron chi connectivity index (χ2n) is 3.79. The molecular weight excluding hydrogens is 208 g/mol. The van der Waals surface area contributed by atoms with Gasteiger partial charge in [0, 0.05) is 0 Å². The highest BCUT2D eigenvalue weighted by atomic mass is 16.5. The van der Waals surface area contributed by atoms with Crippen molar-refractivity contribution in [3.63, 3.8) is 0 Å². The van der Waals surface area contributed by atoms with Gasteiger partial charge in [-0.05, 0) is 18.9 Å². The van der Waals surface area contributed by atoms with Crippen LogP contribution in [0, 0.1) is 5.41 Å². The molecule has 0 aliphatic heterocycles. The van der Waals surface area contributed by atoms with Crippen molar-refractivity contribution < 1.29 is 19.4 Å². The Bertz CT molecular complexity index is 385. The average molecular weight is 222 g/mol. The molecule has 0 spiro atoms. The Hall–Kier alpha value is -1.84. The molecular formula is C12H14O4. The first-order valence-electron chi connectivity index (χ1n) is 4.86. The van der Waals surface area contributed by atoms with Crippen LogP contribution < -0.4 is 0 Å². The van der Waals surface area contributed by atoms with Crippen LogP contribution in [0.2, 0.25) is 0 Å². The lowest BCUT2D eigenvalue weighted by Crippen LogP contribution is -2.39. The molecule has 0 amide bonds. The molecule has 0 aromatic heterocycles. The van der Waals surface area contributed by atoms with Gasteiger partial charge in [0.05, 0.1) is 7.11 Å². The number of aliphatic carboxylic acids is 1. The van der Waals surface area contributed by atoms with E-state index in [4.69, 9.17) is 5.11 Å². The minimum absolute atomic E-state index is 0.121. The Morgan fingerprint density at radius 2 is 1.88 bits per heavy atom. The van der Waals surface area contributed by atoms with Crippen LogP contribution in [0.15, 0.2) is 30.3 Å². The molecule has 0 aliphatic rings. The number of hydrogen-bond acceptors (Lipinski definition) is 3. The first-order chi connectivity index (χ1) is 7.50. The summed E-state index contributed by atoms with van der Waals surface area (Å²) in [6.07, 6.45) is 0.121. The highest BCUT2D eigenvalue weighted by molar-refractivity contribution is 5.98. The number of carboxylic acid groups (broad SMARTS) is 1. The summed E-state index contributed by atoms with van der Waals surface area (Å²) in [5.41, 5.74) is -0.742. The fourth-order valence-corrected chi connectivity index (χ4v) is 1.46. The molecule has 0 unspecified atom stereocenters. The Labute approximate surface area is 93.9 Å². The van der Waals surface area contributed by atoms with E-state index >= 15 is 0 Å². The number of rotatable bonds is 4. The van der Waals surface area contributed by atoms with Crippen molar-refractivity contribution in [2.24, 2.45) is 5.41 Å². The standard InChI is InChI=1S/C12H14O4/c1-12(10(13)14,11(15)16-2)8-9-6-4-3-5-7-9/h3-7H,8H2,1-2H3,(H,13,14)/t12-/m0/s1. The molecule has 4 nitrogen and oxygen atoms in total. The largest absolute Gasteiger partial charge is 0.480 e. The van der Waals surface area contributed by atoms with E-state index in [1.807, 2.05) is 6.07 Å². The Balaban J connectivity index is 2.97. The van der Waals surface area contributed by atoms with Crippen molar-refractivity contribution in [1.82, 2.24) is 0 Å². The fourth-order valence-electron chi connectivity index (χ4n) is 1.46. The predicted molar refractivity (Wildman–Crippen MR) is 57.9 cm³/mol. The van der Waals surface area contributed by atoms with Crippen LogP contribution >= 0.6 is 0 Å². The van der Waals surface area contributed by atoms with Crippen LogP contribution in [0.5, 0.6) is 0 Å². The van der Waals surface area contributed by atoms with Crippen molar-refractivity contribution in [2.75, 3.05) is 7.11 Å². The highest BCUT2D eigenvalue weighted by Crippen LogP contribution is 2.24. The minimum atomic E-state index is -1.53. The Kier molecular flexibility index (Phi) is 3.66. The third-order valence-electron chi connectivity index (χ3n) is 2.51. The summed E-state index contributed by atoms with van der Waals surface area (Å²) < 4.78 is 4.53. The van der Waals surface area contributed by atoms with Crippen LogP contribution in [0.1, 0.15) is 12.5 Å². The van der Waals surface area contributed by atoms with E-state index in [2.05, 4.69) is 4.74 Å². The van der Waals surface area contributed by atoms with E-state index < -0.39 is 17.4 Å². The number of carbonyl (C=O) groups excluding carboxylic acids is 1. The van der Waals surface area contributed by atoms with E-state index in [-0.39, 0.29) is 6.42 Å². The summed E-state index contributed by atoms with van der Waals surface area (Å²) in [4.78, 5) is 22.6.